The lowest BCUT2D eigenvalue weighted by Crippen LogP contribution is -2.30. The lowest BCUT2D eigenvalue weighted by Gasteiger charge is -2.13. The van der Waals surface area contributed by atoms with Crippen molar-refractivity contribution in [1.29, 1.82) is 0 Å². The number of nitrogens with one attached hydrogen (secondary N) is 1. The Morgan fingerprint density at radius 2 is 2.10 bits per heavy atom. The highest BCUT2D eigenvalue weighted by atomic mass is 32.2. The number of furan rings is 1. The minimum Gasteiger partial charge on any atom is -0.497 e. The first-order chi connectivity index (χ1) is 14.0. The molecule has 0 bridgehead atoms. The van der Waals surface area contributed by atoms with Gasteiger partial charge in [-0.25, -0.2) is 0 Å². The second-order valence-corrected chi connectivity index (χ2v) is 7.73. The molecule has 0 saturated heterocycles. The summed E-state index contributed by atoms with van der Waals surface area (Å²) >= 11 is 1.36. The van der Waals surface area contributed by atoms with Crippen LogP contribution in [0.5, 0.6) is 5.75 Å². The maximum Gasteiger partial charge on any atom is 0.233 e. The Bertz CT molecular complexity index is 978. The number of ether oxygens (including phenoxy) is 1. The highest BCUT2D eigenvalue weighted by molar-refractivity contribution is 8.00. The van der Waals surface area contributed by atoms with Gasteiger partial charge >= 0.3 is 0 Å². The van der Waals surface area contributed by atoms with E-state index in [0.717, 1.165) is 22.6 Å². The molecule has 0 saturated carbocycles. The fourth-order valence-electron chi connectivity index (χ4n) is 2.77. The molecule has 0 aliphatic rings. The number of amides is 1. The molecule has 2 aromatic heterocycles. The Balaban J connectivity index is 1.66. The summed E-state index contributed by atoms with van der Waals surface area (Å²) < 4.78 is 12.5. The zero-order chi connectivity index (χ0) is 20.8. The maximum atomic E-state index is 12.6. The van der Waals surface area contributed by atoms with Gasteiger partial charge < -0.3 is 14.5 Å². The van der Waals surface area contributed by atoms with E-state index in [4.69, 9.17) is 9.15 Å². The summed E-state index contributed by atoms with van der Waals surface area (Å²) in [6, 6.07) is 9.46. The fourth-order valence-corrected chi connectivity index (χ4v) is 3.66. The Kier molecular flexibility index (Phi) is 6.77. The third kappa shape index (κ3) is 4.89. The predicted octanol–water partition coefficient (Wildman–Crippen LogP) is 3.84. The molecule has 0 radical (unpaired) electrons. The average Bonchev–Trinajstić information content (AvgIpc) is 3.32. The average molecular weight is 413 g/mol. The highest BCUT2D eigenvalue weighted by Crippen LogP contribution is 2.29. The molecule has 152 valence electrons. The molecule has 8 heteroatoms. The first-order valence-electron chi connectivity index (χ1n) is 9.19. The van der Waals surface area contributed by atoms with E-state index >= 15 is 0 Å². The van der Waals surface area contributed by atoms with E-state index in [1.165, 1.54) is 11.8 Å². The Labute approximate surface area is 174 Å². The number of carbonyl (C=O) groups excluding carboxylic acids is 1. The van der Waals surface area contributed by atoms with E-state index in [0.29, 0.717) is 24.1 Å². The number of carbonyl (C=O) groups is 1. The van der Waals surface area contributed by atoms with Crippen molar-refractivity contribution in [2.24, 2.45) is 0 Å². The summed E-state index contributed by atoms with van der Waals surface area (Å²) in [6.07, 6.45) is 3.40. The van der Waals surface area contributed by atoms with E-state index in [1.54, 1.807) is 19.4 Å². The van der Waals surface area contributed by atoms with Crippen LogP contribution in [0.2, 0.25) is 0 Å². The molecule has 0 aliphatic heterocycles. The molecule has 3 aromatic rings. The van der Waals surface area contributed by atoms with Crippen molar-refractivity contribution >= 4 is 17.7 Å². The highest BCUT2D eigenvalue weighted by Gasteiger charge is 2.21. The van der Waals surface area contributed by atoms with Crippen LogP contribution < -0.4 is 10.1 Å². The van der Waals surface area contributed by atoms with Crippen LogP contribution in [0, 0.1) is 6.92 Å². The monoisotopic (exact) mass is 412 g/mol. The molecule has 0 fully saturated rings. The van der Waals surface area contributed by atoms with Crippen LogP contribution in [0.25, 0.3) is 11.4 Å². The molecule has 0 unspecified atom stereocenters. The third-order valence-electron chi connectivity index (χ3n) is 4.41. The number of thioether (sulfide) groups is 1. The van der Waals surface area contributed by atoms with Gasteiger partial charge in [0.25, 0.3) is 0 Å². The molecule has 3 rings (SSSR count). The molecule has 1 aromatic carbocycles. The van der Waals surface area contributed by atoms with Gasteiger partial charge in [0.1, 0.15) is 11.5 Å². The van der Waals surface area contributed by atoms with Crippen molar-refractivity contribution in [3.05, 3.63) is 60.6 Å². The first-order valence-corrected chi connectivity index (χ1v) is 10.1. The molecule has 1 atom stereocenters. The second-order valence-electron chi connectivity index (χ2n) is 6.42. The number of aromatic nitrogens is 3. The number of nitrogens with zero attached hydrogens (tertiary/aromatic N) is 3. The Morgan fingerprint density at radius 1 is 1.34 bits per heavy atom. The van der Waals surface area contributed by atoms with Crippen molar-refractivity contribution < 1.29 is 13.9 Å². The minimum atomic E-state index is -0.334. The molecule has 2 heterocycles. The van der Waals surface area contributed by atoms with Crippen molar-refractivity contribution in [2.75, 3.05) is 7.11 Å². The van der Waals surface area contributed by atoms with E-state index < -0.39 is 0 Å². The van der Waals surface area contributed by atoms with Gasteiger partial charge in [-0.1, -0.05) is 30.0 Å². The summed E-state index contributed by atoms with van der Waals surface area (Å²) in [7, 11) is 1.63. The number of hydrogen-bond donors (Lipinski definition) is 1. The zero-order valence-electron chi connectivity index (χ0n) is 16.7. The minimum absolute atomic E-state index is 0.0694. The van der Waals surface area contributed by atoms with Crippen molar-refractivity contribution in [3.8, 4) is 17.1 Å². The van der Waals surface area contributed by atoms with Gasteiger partial charge in [-0.15, -0.1) is 16.8 Å². The second kappa shape index (κ2) is 9.47. The molecule has 7 nitrogen and oxygen atoms in total. The number of hydrogen-bond acceptors (Lipinski definition) is 6. The van der Waals surface area contributed by atoms with Crippen LogP contribution in [-0.2, 0) is 17.9 Å². The molecule has 29 heavy (non-hydrogen) atoms. The topological polar surface area (TPSA) is 82.2 Å². The molecule has 1 amide bonds. The first kappa shape index (κ1) is 20.7. The van der Waals surface area contributed by atoms with Gasteiger partial charge in [0.05, 0.1) is 24.2 Å². The zero-order valence-corrected chi connectivity index (χ0v) is 17.5. The fraction of sp³-hybridized carbons (Fsp3) is 0.286. The van der Waals surface area contributed by atoms with Crippen LogP contribution in [0.4, 0.5) is 0 Å². The van der Waals surface area contributed by atoms with Gasteiger partial charge in [0, 0.05) is 13.1 Å². The summed E-state index contributed by atoms with van der Waals surface area (Å²) in [5.74, 6) is 2.18. The van der Waals surface area contributed by atoms with Crippen molar-refractivity contribution in [2.45, 2.75) is 37.3 Å². The van der Waals surface area contributed by atoms with E-state index in [2.05, 4.69) is 22.1 Å². The number of allylic oxidation sites excluding steroid dienone is 1. The lowest BCUT2D eigenvalue weighted by atomic mass is 10.2. The molecular weight excluding hydrogens is 388 g/mol. The molecule has 0 spiro atoms. The summed E-state index contributed by atoms with van der Waals surface area (Å²) in [6.45, 7) is 8.53. The molecule has 1 N–H and O–H groups in total. The quantitative estimate of drug-likeness (QED) is 0.425. The molecule has 0 aliphatic carbocycles. The van der Waals surface area contributed by atoms with Gasteiger partial charge in [-0.05, 0) is 37.6 Å². The SMILES string of the molecule is C=CCn1c(S[C@H](C)C(=O)NCc2ccc(OC)cc2)nnc1-c1ccoc1C. The molecular formula is C21H24N4O3S. The standard InChI is InChI=1S/C21H24N4O3S/c1-5-11-25-19(18-10-12-28-14(18)2)23-24-21(25)29-15(3)20(26)22-13-16-6-8-17(27-4)9-7-16/h5-10,12,15H,1,11,13H2,2-4H3,(H,22,26)/t15-/m1/s1. The largest absolute Gasteiger partial charge is 0.497 e. The van der Waals surface area contributed by atoms with E-state index in [1.807, 2.05) is 48.7 Å². The third-order valence-corrected chi connectivity index (χ3v) is 5.49. The Hall–Kier alpha value is -3.00. The predicted molar refractivity (Wildman–Crippen MR) is 113 cm³/mol. The van der Waals surface area contributed by atoms with E-state index in [9.17, 15) is 4.79 Å². The van der Waals surface area contributed by atoms with Gasteiger partial charge in [-0.3, -0.25) is 9.36 Å². The van der Waals surface area contributed by atoms with Crippen LogP contribution in [-0.4, -0.2) is 33.0 Å². The van der Waals surface area contributed by atoms with Gasteiger partial charge in [0.2, 0.25) is 5.91 Å². The smallest absolute Gasteiger partial charge is 0.233 e. The van der Waals surface area contributed by atoms with Crippen LogP contribution in [0.3, 0.4) is 0 Å². The summed E-state index contributed by atoms with van der Waals surface area (Å²) in [5, 5.41) is 11.9. The van der Waals surface area contributed by atoms with E-state index in [-0.39, 0.29) is 11.2 Å². The van der Waals surface area contributed by atoms with Gasteiger partial charge in [0.15, 0.2) is 11.0 Å². The van der Waals surface area contributed by atoms with Crippen LogP contribution in [0.15, 0.2) is 58.8 Å². The lowest BCUT2D eigenvalue weighted by molar-refractivity contribution is -0.120. The normalized spacial score (nSPS) is 11.8. The number of benzene rings is 1. The van der Waals surface area contributed by atoms with Crippen LogP contribution >= 0.6 is 11.8 Å². The van der Waals surface area contributed by atoms with Crippen molar-refractivity contribution in [1.82, 2.24) is 20.1 Å². The maximum absolute atomic E-state index is 12.6. The summed E-state index contributed by atoms with van der Waals surface area (Å²) in [4.78, 5) is 12.6. The number of aryl methyl sites for hydroxylation is 1. The Morgan fingerprint density at radius 3 is 2.72 bits per heavy atom. The van der Waals surface area contributed by atoms with Crippen molar-refractivity contribution in [3.63, 3.8) is 0 Å². The number of rotatable bonds is 9. The van der Waals surface area contributed by atoms with Gasteiger partial charge in [-0.2, -0.15) is 0 Å². The summed E-state index contributed by atoms with van der Waals surface area (Å²) in [5.41, 5.74) is 1.88. The number of methoxy groups -OCH3 is 1. The van der Waals surface area contributed by atoms with Crippen LogP contribution in [0.1, 0.15) is 18.2 Å².